The van der Waals surface area contributed by atoms with E-state index < -0.39 is 5.97 Å². The summed E-state index contributed by atoms with van der Waals surface area (Å²) >= 11 is 0. The van der Waals surface area contributed by atoms with Gasteiger partial charge in [0.2, 0.25) is 0 Å². The second-order valence-corrected chi connectivity index (χ2v) is 2.66. The van der Waals surface area contributed by atoms with Gasteiger partial charge in [0.25, 0.3) is 0 Å². The molecular weight excluding hydrogens is 148 g/mol. The van der Waals surface area contributed by atoms with Crippen LogP contribution in [-0.2, 0) is 14.3 Å². The summed E-state index contributed by atoms with van der Waals surface area (Å²) in [5.74, 6) is -0.911. The van der Waals surface area contributed by atoms with Crippen molar-refractivity contribution < 1.29 is 19.4 Å². The minimum Gasteiger partial charge on any atom is -0.480 e. The lowest BCUT2D eigenvalue weighted by atomic mass is 9.92. The van der Waals surface area contributed by atoms with Gasteiger partial charge in [-0.1, -0.05) is 0 Å². The number of rotatable bonds is 4. The number of aliphatic carboxylic acids is 1. The molecule has 1 fully saturated rings. The van der Waals surface area contributed by atoms with Crippen molar-refractivity contribution in [3.05, 3.63) is 0 Å². The van der Waals surface area contributed by atoms with Crippen molar-refractivity contribution in [1.29, 1.82) is 0 Å². The normalized spacial score (nSPS) is 29.5. The predicted octanol–water partition coefficient (Wildman–Crippen LogP) is 0.265. The molecule has 11 heavy (non-hydrogen) atoms. The SMILES string of the molecule is COC1CC(OCC(=O)O)C1. The van der Waals surface area contributed by atoms with Crippen LogP contribution < -0.4 is 0 Å². The maximum absolute atomic E-state index is 10.0. The summed E-state index contributed by atoms with van der Waals surface area (Å²) in [4.78, 5) is 10.0. The average molecular weight is 160 g/mol. The maximum atomic E-state index is 10.0. The summed E-state index contributed by atoms with van der Waals surface area (Å²) in [6.07, 6.45) is 2.01. The molecule has 0 aromatic carbocycles. The first-order valence-corrected chi connectivity index (χ1v) is 3.58. The number of ether oxygens (including phenoxy) is 2. The Balaban J connectivity index is 2.00. The molecule has 0 aromatic rings. The first-order valence-electron chi connectivity index (χ1n) is 3.58. The molecule has 4 nitrogen and oxygen atoms in total. The Bertz CT molecular complexity index is 139. The van der Waals surface area contributed by atoms with E-state index in [2.05, 4.69) is 0 Å². The van der Waals surface area contributed by atoms with Crippen molar-refractivity contribution in [3.8, 4) is 0 Å². The number of carboxylic acid groups (broad SMARTS) is 1. The number of hydrogen-bond acceptors (Lipinski definition) is 3. The molecule has 1 saturated carbocycles. The van der Waals surface area contributed by atoms with Gasteiger partial charge in [-0.15, -0.1) is 0 Å². The number of carbonyl (C=O) groups is 1. The Labute approximate surface area is 65.1 Å². The van der Waals surface area contributed by atoms with E-state index in [4.69, 9.17) is 14.6 Å². The molecule has 0 bridgehead atoms. The zero-order valence-corrected chi connectivity index (χ0v) is 6.45. The third kappa shape index (κ3) is 2.48. The highest BCUT2D eigenvalue weighted by Crippen LogP contribution is 2.25. The van der Waals surface area contributed by atoms with Gasteiger partial charge < -0.3 is 14.6 Å². The first-order chi connectivity index (χ1) is 5.22. The Morgan fingerprint density at radius 2 is 2.18 bits per heavy atom. The molecule has 1 aliphatic rings. The molecule has 1 aliphatic carbocycles. The second-order valence-electron chi connectivity index (χ2n) is 2.66. The highest BCUT2D eigenvalue weighted by atomic mass is 16.5. The van der Waals surface area contributed by atoms with Gasteiger partial charge in [-0.25, -0.2) is 4.79 Å². The minimum absolute atomic E-state index is 0.0936. The second kappa shape index (κ2) is 3.69. The van der Waals surface area contributed by atoms with Gasteiger partial charge in [-0.2, -0.15) is 0 Å². The molecule has 0 unspecified atom stereocenters. The molecule has 0 atom stereocenters. The Hall–Kier alpha value is -0.610. The van der Waals surface area contributed by atoms with Crippen molar-refractivity contribution in [1.82, 2.24) is 0 Å². The summed E-state index contributed by atoms with van der Waals surface area (Å²) in [6, 6.07) is 0. The lowest BCUT2D eigenvalue weighted by Gasteiger charge is -2.33. The molecule has 0 spiro atoms. The van der Waals surface area contributed by atoms with Gasteiger partial charge in [0.15, 0.2) is 0 Å². The van der Waals surface area contributed by atoms with Crippen LogP contribution in [0.15, 0.2) is 0 Å². The van der Waals surface area contributed by atoms with E-state index in [-0.39, 0.29) is 18.8 Å². The van der Waals surface area contributed by atoms with Crippen LogP contribution in [0.1, 0.15) is 12.8 Å². The fourth-order valence-electron chi connectivity index (χ4n) is 1.04. The highest BCUT2D eigenvalue weighted by Gasteiger charge is 2.29. The van der Waals surface area contributed by atoms with Crippen molar-refractivity contribution >= 4 is 5.97 Å². The highest BCUT2D eigenvalue weighted by molar-refractivity contribution is 5.68. The van der Waals surface area contributed by atoms with E-state index in [9.17, 15) is 4.79 Å². The average Bonchev–Trinajstić information content (AvgIpc) is 1.84. The van der Waals surface area contributed by atoms with E-state index in [0.29, 0.717) is 0 Å². The third-order valence-corrected chi connectivity index (χ3v) is 1.83. The van der Waals surface area contributed by atoms with Gasteiger partial charge in [0.1, 0.15) is 6.61 Å². The van der Waals surface area contributed by atoms with Crippen LogP contribution in [0, 0.1) is 0 Å². The van der Waals surface area contributed by atoms with Gasteiger partial charge in [0, 0.05) is 7.11 Å². The van der Waals surface area contributed by atoms with E-state index in [1.54, 1.807) is 7.11 Å². The van der Waals surface area contributed by atoms with Gasteiger partial charge in [0.05, 0.1) is 12.2 Å². The summed E-state index contributed by atoms with van der Waals surface area (Å²) < 4.78 is 9.99. The zero-order valence-electron chi connectivity index (χ0n) is 6.45. The number of hydrogen-bond donors (Lipinski definition) is 1. The Morgan fingerprint density at radius 3 is 2.64 bits per heavy atom. The standard InChI is InChI=1S/C7H12O4/c1-10-5-2-6(3-5)11-4-7(8)9/h5-6H,2-4H2,1H3,(H,8,9). The van der Waals surface area contributed by atoms with Gasteiger partial charge >= 0.3 is 5.97 Å². The van der Waals surface area contributed by atoms with Crippen LogP contribution in [0.4, 0.5) is 0 Å². The van der Waals surface area contributed by atoms with Crippen LogP contribution in [0.2, 0.25) is 0 Å². The Morgan fingerprint density at radius 1 is 1.55 bits per heavy atom. The molecule has 0 saturated heterocycles. The molecule has 0 aromatic heterocycles. The van der Waals surface area contributed by atoms with Crippen LogP contribution in [0.25, 0.3) is 0 Å². The molecule has 4 heteroatoms. The molecule has 64 valence electrons. The molecule has 0 radical (unpaired) electrons. The monoisotopic (exact) mass is 160 g/mol. The molecule has 1 N–H and O–H groups in total. The lowest BCUT2D eigenvalue weighted by Crippen LogP contribution is -2.37. The topological polar surface area (TPSA) is 55.8 Å². The largest absolute Gasteiger partial charge is 0.480 e. The smallest absolute Gasteiger partial charge is 0.329 e. The number of methoxy groups -OCH3 is 1. The molecule has 0 amide bonds. The van der Waals surface area contributed by atoms with E-state index in [0.717, 1.165) is 12.8 Å². The maximum Gasteiger partial charge on any atom is 0.329 e. The molecular formula is C7H12O4. The van der Waals surface area contributed by atoms with E-state index in [1.165, 1.54) is 0 Å². The third-order valence-electron chi connectivity index (χ3n) is 1.83. The fraction of sp³-hybridized carbons (Fsp3) is 0.857. The van der Waals surface area contributed by atoms with E-state index >= 15 is 0 Å². The summed E-state index contributed by atoms with van der Waals surface area (Å²) in [6.45, 7) is -0.193. The lowest BCUT2D eigenvalue weighted by molar-refractivity contribution is -0.150. The molecule has 0 aliphatic heterocycles. The summed E-state index contributed by atoms with van der Waals surface area (Å²) in [5.41, 5.74) is 0. The van der Waals surface area contributed by atoms with Crippen molar-refractivity contribution in [2.24, 2.45) is 0 Å². The van der Waals surface area contributed by atoms with Crippen LogP contribution >= 0.6 is 0 Å². The molecule has 1 rings (SSSR count). The predicted molar refractivity (Wildman–Crippen MR) is 37.4 cm³/mol. The Kier molecular flexibility index (Phi) is 2.84. The minimum atomic E-state index is -0.911. The van der Waals surface area contributed by atoms with E-state index in [1.807, 2.05) is 0 Å². The van der Waals surface area contributed by atoms with Gasteiger partial charge in [-0.3, -0.25) is 0 Å². The quantitative estimate of drug-likeness (QED) is 0.641. The van der Waals surface area contributed by atoms with Crippen molar-refractivity contribution in [2.45, 2.75) is 25.0 Å². The van der Waals surface area contributed by atoms with Crippen molar-refractivity contribution in [2.75, 3.05) is 13.7 Å². The fourth-order valence-corrected chi connectivity index (χ4v) is 1.04. The first kappa shape index (κ1) is 8.49. The number of carboxylic acids is 1. The van der Waals surface area contributed by atoms with Crippen LogP contribution in [0.5, 0.6) is 0 Å². The summed E-state index contributed by atoms with van der Waals surface area (Å²) in [7, 11) is 1.65. The van der Waals surface area contributed by atoms with Crippen LogP contribution in [-0.4, -0.2) is 37.0 Å². The van der Waals surface area contributed by atoms with Gasteiger partial charge in [-0.05, 0) is 12.8 Å². The van der Waals surface area contributed by atoms with Crippen molar-refractivity contribution in [3.63, 3.8) is 0 Å². The van der Waals surface area contributed by atoms with Crippen LogP contribution in [0.3, 0.4) is 0 Å². The summed E-state index contributed by atoms with van der Waals surface area (Å²) in [5, 5.41) is 8.25. The zero-order chi connectivity index (χ0) is 8.27. The molecule has 0 heterocycles.